The van der Waals surface area contributed by atoms with Gasteiger partial charge in [-0.05, 0) is 139 Å². The van der Waals surface area contributed by atoms with E-state index in [0.29, 0.717) is 0 Å². The first kappa shape index (κ1) is 35.2. The molecule has 0 saturated carbocycles. The highest BCUT2D eigenvalue weighted by Gasteiger charge is 2.46. The van der Waals surface area contributed by atoms with Crippen LogP contribution in [0.15, 0.2) is 200 Å². The second-order valence-electron chi connectivity index (χ2n) is 17.0. The molecule has 0 aromatic heterocycles. The Morgan fingerprint density at radius 1 is 0.373 bits per heavy atom. The summed E-state index contributed by atoms with van der Waals surface area (Å²) in [4.78, 5) is 2.54. The van der Waals surface area contributed by atoms with Crippen molar-refractivity contribution < 1.29 is 0 Å². The minimum atomic E-state index is -0.500. The summed E-state index contributed by atoms with van der Waals surface area (Å²) >= 11 is 0. The average molecular weight is 756 g/mol. The lowest BCUT2D eigenvalue weighted by molar-refractivity contribution is 0.660. The van der Waals surface area contributed by atoms with E-state index in [9.17, 15) is 0 Å². The Balaban J connectivity index is 1.18. The van der Waals surface area contributed by atoms with Crippen molar-refractivity contribution in [3.63, 3.8) is 0 Å². The first-order chi connectivity index (χ1) is 28.9. The molecule has 0 radical (unpaired) electrons. The maximum atomic E-state index is 2.54. The van der Waals surface area contributed by atoms with Crippen LogP contribution >= 0.6 is 0 Å². The fourth-order valence-corrected chi connectivity index (χ4v) is 10.8. The molecule has 0 spiro atoms. The van der Waals surface area contributed by atoms with Crippen LogP contribution in [0.25, 0.3) is 44.2 Å². The minimum absolute atomic E-state index is 0.134. The van der Waals surface area contributed by atoms with E-state index in [1.807, 2.05) is 0 Å². The number of nitrogens with zero attached hydrogens (tertiary/aromatic N) is 1. The van der Waals surface area contributed by atoms with E-state index in [4.69, 9.17) is 0 Å². The zero-order valence-electron chi connectivity index (χ0n) is 34.0. The molecule has 0 unspecified atom stereocenters. The Labute approximate surface area is 347 Å². The molecule has 0 amide bonds. The van der Waals surface area contributed by atoms with Gasteiger partial charge in [-0.25, -0.2) is 0 Å². The van der Waals surface area contributed by atoms with Crippen molar-refractivity contribution in [1.82, 2.24) is 0 Å². The van der Waals surface area contributed by atoms with Crippen molar-refractivity contribution in [3.8, 4) is 33.4 Å². The van der Waals surface area contributed by atoms with Crippen LogP contribution in [0, 0.1) is 13.8 Å². The third-order valence-electron chi connectivity index (χ3n) is 13.3. The molecule has 1 nitrogen and oxygen atoms in total. The molecule has 0 bridgehead atoms. The van der Waals surface area contributed by atoms with Crippen LogP contribution in [0.1, 0.15) is 58.4 Å². The quantitative estimate of drug-likeness (QED) is 0.163. The van der Waals surface area contributed by atoms with Crippen LogP contribution in [0.4, 0.5) is 17.1 Å². The Hall–Kier alpha value is -6.96. The molecule has 0 saturated heterocycles. The van der Waals surface area contributed by atoms with E-state index in [-0.39, 0.29) is 5.41 Å². The van der Waals surface area contributed by atoms with Crippen molar-refractivity contribution in [1.29, 1.82) is 0 Å². The van der Waals surface area contributed by atoms with Gasteiger partial charge in [0.15, 0.2) is 0 Å². The van der Waals surface area contributed by atoms with Gasteiger partial charge in [0, 0.05) is 16.8 Å². The number of hydrogen-bond acceptors (Lipinski definition) is 1. The monoisotopic (exact) mass is 755 g/mol. The van der Waals surface area contributed by atoms with E-state index in [0.717, 1.165) is 11.4 Å². The highest BCUT2D eigenvalue weighted by Crippen LogP contribution is 2.58. The SMILES string of the molecule is Cc1cc(-c2cccc3ccccc23)cc(C)c1N(c1ccc2c(c1)C(C)(C)c1ccccc1-2)c1ccc2c(c1)C(c1ccccc1)(c1ccccc1)c1ccccc1-2. The number of aryl methyl sites for hydroxylation is 2. The Morgan fingerprint density at radius 2 is 0.847 bits per heavy atom. The maximum absolute atomic E-state index is 2.54. The van der Waals surface area contributed by atoms with Gasteiger partial charge in [0.1, 0.15) is 0 Å². The third kappa shape index (κ3) is 5.17. The van der Waals surface area contributed by atoms with Crippen molar-refractivity contribution in [2.75, 3.05) is 4.90 Å². The van der Waals surface area contributed by atoms with Gasteiger partial charge in [-0.2, -0.15) is 0 Å². The number of hydrogen-bond donors (Lipinski definition) is 0. The van der Waals surface area contributed by atoms with Crippen LogP contribution in [-0.4, -0.2) is 0 Å². The van der Waals surface area contributed by atoms with Crippen LogP contribution in [-0.2, 0) is 10.8 Å². The van der Waals surface area contributed by atoms with E-state index in [1.165, 1.54) is 94.3 Å². The predicted molar refractivity (Wildman–Crippen MR) is 248 cm³/mol. The lowest BCUT2D eigenvalue weighted by Crippen LogP contribution is -2.28. The summed E-state index contributed by atoms with van der Waals surface area (Å²) in [6, 6.07) is 74.8. The maximum Gasteiger partial charge on any atom is 0.0714 e. The summed E-state index contributed by atoms with van der Waals surface area (Å²) in [5.41, 5.74) is 21.0. The lowest BCUT2D eigenvalue weighted by atomic mass is 9.67. The normalized spacial score (nSPS) is 14.0. The number of anilines is 3. The lowest BCUT2D eigenvalue weighted by Gasteiger charge is -2.35. The largest absolute Gasteiger partial charge is 0.310 e. The number of benzene rings is 9. The predicted octanol–water partition coefficient (Wildman–Crippen LogP) is 15.3. The van der Waals surface area contributed by atoms with Crippen molar-refractivity contribution >= 4 is 27.8 Å². The Bertz CT molecular complexity index is 3030. The van der Waals surface area contributed by atoms with Crippen LogP contribution in [0.5, 0.6) is 0 Å². The van der Waals surface area contributed by atoms with E-state index >= 15 is 0 Å². The summed E-state index contributed by atoms with van der Waals surface area (Å²) in [7, 11) is 0. The summed E-state index contributed by atoms with van der Waals surface area (Å²) in [5.74, 6) is 0. The van der Waals surface area contributed by atoms with Gasteiger partial charge in [-0.15, -0.1) is 0 Å². The van der Waals surface area contributed by atoms with Gasteiger partial charge in [0.25, 0.3) is 0 Å². The van der Waals surface area contributed by atoms with E-state index in [1.54, 1.807) is 0 Å². The fourth-order valence-electron chi connectivity index (χ4n) is 10.8. The summed E-state index contributed by atoms with van der Waals surface area (Å²) in [6.45, 7) is 9.33. The molecule has 2 aliphatic carbocycles. The molecule has 9 aromatic rings. The topological polar surface area (TPSA) is 3.24 Å². The first-order valence-corrected chi connectivity index (χ1v) is 20.8. The van der Waals surface area contributed by atoms with Gasteiger partial charge in [-0.1, -0.05) is 178 Å². The van der Waals surface area contributed by atoms with Gasteiger partial charge < -0.3 is 4.90 Å². The molecule has 59 heavy (non-hydrogen) atoms. The molecule has 9 aromatic carbocycles. The highest BCUT2D eigenvalue weighted by atomic mass is 15.1. The van der Waals surface area contributed by atoms with Gasteiger partial charge >= 0.3 is 0 Å². The van der Waals surface area contributed by atoms with Crippen LogP contribution in [0.2, 0.25) is 0 Å². The summed E-state index contributed by atoms with van der Waals surface area (Å²) in [5, 5.41) is 2.53. The molecule has 0 aliphatic heterocycles. The van der Waals surface area contributed by atoms with Gasteiger partial charge in [-0.3, -0.25) is 0 Å². The molecular weight excluding hydrogens is 711 g/mol. The minimum Gasteiger partial charge on any atom is -0.310 e. The molecule has 282 valence electrons. The fraction of sp³-hybridized carbons (Fsp3) is 0.103. The average Bonchev–Trinajstić information content (AvgIpc) is 3.70. The van der Waals surface area contributed by atoms with Crippen molar-refractivity contribution in [2.45, 2.75) is 38.5 Å². The molecule has 11 rings (SSSR count). The zero-order chi connectivity index (χ0) is 39.9. The molecule has 0 atom stereocenters. The Kier molecular flexibility index (Phi) is 7.94. The van der Waals surface area contributed by atoms with Crippen molar-refractivity contribution in [2.24, 2.45) is 0 Å². The number of rotatable bonds is 6. The standard InChI is InChI=1S/C58H45N/c1-38-34-41(47-27-17-19-40-18-11-12-24-46(40)47)35-39(2)56(38)59(44-30-32-50-48-25-13-15-28-52(48)57(3,4)54(50)36-44)45-31-33-51-49-26-14-16-29-53(49)58(55(51)37-45,42-20-7-5-8-21-42)43-22-9-6-10-23-43/h5-37H,1-4H3. The molecule has 0 heterocycles. The van der Waals surface area contributed by atoms with Crippen LogP contribution < -0.4 is 4.90 Å². The third-order valence-corrected chi connectivity index (χ3v) is 13.3. The Morgan fingerprint density at radius 3 is 1.51 bits per heavy atom. The number of fused-ring (bicyclic) bond motifs is 7. The second-order valence-corrected chi connectivity index (χ2v) is 17.0. The van der Waals surface area contributed by atoms with Gasteiger partial charge in [0.2, 0.25) is 0 Å². The van der Waals surface area contributed by atoms with Gasteiger partial charge in [0.05, 0.1) is 11.1 Å². The summed E-state index contributed by atoms with van der Waals surface area (Å²) in [6.07, 6.45) is 0. The molecule has 2 aliphatic rings. The zero-order valence-corrected chi connectivity index (χ0v) is 34.0. The molecular formula is C58H45N. The van der Waals surface area contributed by atoms with Crippen molar-refractivity contribution in [3.05, 3.63) is 245 Å². The highest BCUT2D eigenvalue weighted by molar-refractivity contribution is 5.98. The summed E-state index contributed by atoms with van der Waals surface area (Å²) < 4.78 is 0. The molecule has 1 heteroatoms. The molecule has 0 N–H and O–H groups in total. The second kappa shape index (κ2) is 13.3. The smallest absolute Gasteiger partial charge is 0.0714 e. The molecule has 0 fully saturated rings. The first-order valence-electron chi connectivity index (χ1n) is 20.8. The van der Waals surface area contributed by atoms with E-state index < -0.39 is 5.41 Å². The van der Waals surface area contributed by atoms with Crippen LogP contribution in [0.3, 0.4) is 0 Å². The van der Waals surface area contributed by atoms with E-state index in [2.05, 4.69) is 233 Å².